The molecule has 1 aliphatic rings. The molecule has 0 amide bonds. The van der Waals surface area contributed by atoms with Gasteiger partial charge in [-0.1, -0.05) is 21.6 Å². The van der Waals surface area contributed by atoms with Gasteiger partial charge in [0.2, 0.25) is 0 Å². The van der Waals surface area contributed by atoms with Crippen molar-refractivity contribution in [1.29, 1.82) is 0 Å². The maximum atomic E-state index is 10.9. The molecule has 9 heteroatoms. The number of aromatic carboxylic acids is 1. The van der Waals surface area contributed by atoms with Crippen molar-refractivity contribution < 1.29 is 24.9 Å². The molecule has 2 N–H and O–H groups in total. The quantitative estimate of drug-likeness (QED) is 0.493. The smallest absolute Gasteiger partial charge is 0.339 e. The van der Waals surface area contributed by atoms with Crippen LogP contribution in [0, 0.1) is 10.1 Å². The minimum atomic E-state index is -1.21. The number of hydrogen-bond donors (Lipinski definition) is 2. The molecule has 0 radical (unpaired) electrons. The zero-order valence-corrected chi connectivity index (χ0v) is 11.1. The van der Waals surface area contributed by atoms with Crippen LogP contribution in [0.5, 0.6) is 5.75 Å². The number of carboxylic acid groups (broad SMARTS) is 1. The zero-order valence-electron chi connectivity index (χ0n) is 9.44. The predicted molar refractivity (Wildman–Crippen MR) is 69.0 cm³/mol. The van der Waals surface area contributed by atoms with E-state index in [2.05, 4.69) is 4.84 Å². The van der Waals surface area contributed by atoms with Crippen molar-refractivity contribution in [3.8, 4) is 5.75 Å². The summed E-state index contributed by atoms with van der Waals surface area (Å²) in [6.07, 6.45) is 0.460. The summed E-state index contributed by atoms with van der Waals surface area (Å²) in [5.41, 5.74) is 0.580. The lowest BCUT2D eigenvalue weighted by atomic mass is 10.1. The number of carboxylic acids is 1. The Balaban J connectivity index is 2.17. The number of hydrogen-bond acceptors (Lipinski definition) is 7. The maximum absolute atomic E-state index is 10.9. The number of phenols is 1. The maximum Gasteiger partial charge on any atom is 0.339 e. The fraction of sp³-hybridized carbons (Fsp3) is 0.300. The van der Waals surface area contributed by atoms with Crippen LogP contribution in [0.25, 0.3) is 0 Å². The predicted octanol–water partition coefficient (Wildman–Crippen LogP) is 1.96. The van der Waals surface area contributed by atoms with Crippen LogP contribution in [-0.2, 0) is 11.3 Å². The van der Waals surface area contributed by atoms with Gasteiger partial charge in [0.05, 0.1) is 0 Å². The summed E-state index contributed by atoms with van der Waals surface area (Å²) in [4.78, 5) is 26.1. The fourth-order valence-corrected chi connectivity index (χ4v) is 4.22. The highest BCUT2D eigenvalue weighted by molar-refractivity contribution is 8.77. The van der Waals surface area contributed by atoms with Crippen molar-refractivity contribution in [3.05, 3.63) is 33.4 Å². The van der Waals surface area contributed by atoms with Crippen molar-refractivity contribution >= 4 is 27.6 Å². The third-order valence-electron chi connectivity index (χ3n) is 2.50. The normalized spacial score (nSPS) is 17.6. The van der Waals surface area contributed by atoms with Crippen molar-refractivity contribution in [2.45, 2.75) is 16.6 Å². The molecule has 19 heavy (non-hydrogen) atoms. The van der Waals surface area contributed by atoms with Gasteiger partial charge in [-0.3, -0.25) is 0 Å². The Morgan fingerprint density at radius 2 is 2.32 bits per heavy atom. The Morgan fingerprint density at radius 1 is 1.58 bits per heavy atom. The molecule has 0 aromatic heterocycles. The van der Waals surface area contributed by atoms with Gasteiger partial charge in [-0.25, -0.2) is 4.79 Å². The van der Waals surface area contributed by atoms with E-state index in [0.717, 1.165) is 10.5 Å². The summed E-state index contributed by atoms with van der Waals surface area (Å²) in [7, 11) is 2.74. The average molecular weight is 303 g/mol. The summed E-state index contributed by atoms with van der Waals surface area (Å²) in [6, 6.07) is 2.81. The molecule has 7 nitrogen and oxygen atoms in total. The van der Waals surface area contributed by atoms with E-state index in [1.165, 1.54) is 33.7 Å². The van der Waals surface area contributed by atoms with Gasteiger partial charge >= 0.3 is 5.97 Å². The summed E-state index contributed by atoms with van der Waals surface area (Å²) in [6.45, 7) is -0.0482. The molecule has 1 unspecified atom stereocenters. The van der Waals surface area contributed by atoms with Gasteiger partial charge in [-0.15, -0.1) is 10.1 Å². The first kappa shape index (κ1) is 13.8. The lowest BCUT2D eigenvalue weighted by Gasteiger charge is -2.22. The van der Waals surface area contributed by atoms with E-state index in [4.69, 9.17) is 5.11 Å². The molecule has 1 heterocycles. The largest absolute Gasteiger partial charge is 0.507 e. The summed E-state index contributed by atoms with van der Waals surface area (Å²) >= 11 is 0. The number of nitrogens with zero attached hydrogens (tertiary/aromatic N) is 1. The average Bonchev–Trinajstić information content (AvgIpc) is 2.35. The van der Waals surface area contributed by atoms with E-state index < -0.39 is 11.1 Å². The van der Waals surface area contributed by atoms with E-state index in [0.29, 0.717) is 6.42 Å². The second-order valence-corrected chi connectivity index (χ2v) is 6.35. The standard InChI is InChI=1S/C10H9NO6S2/c12-8-3-9-5(2-7(8)10(13)14)1-6(18-19-9)4-17-11(15)16/h2-3,6,12H,1,4H2,(H,13,14). The second kappa shape index (κ2) is 5.57. The lowest BCUT2D eigenvalue weighted by Crippen LogP contribution is -2.19. The Kier molecular flexibility index (Phi) is 4.05. The minimum Gasteiger partial charge on any atom is -0.507 e. The van der Waals surface area contributed by atoms with E-state index in [1.807, 2.05) is 0 Å². The zero-order chi connectivity index (χ0) is 14.0. The number of carbonyl (C=O) groups is 1. The van der Waals surface area contributed by atoms with Crippen LogP contribution in [0.3, 0.4) is 0 Å². The van der Waals surface area contributed by atoms with Crippen molar-refractivity contribution in [3.63, 3.8) is 0 Å². The van der Waals surface area contributed by atoms with E-state index >= 15 is 0 Å². The third-order valence-corrected chi connectivity index (χ3v) is 5.37. The molecule has 102 valence electrons. The van der Waals surface area contributed by atoms with Gasteiger partial charge < -0.3 is 15.1 Å². The fourth-order valence-electron chi connectivity index (χ4n) is 1.65. The highest BCUT2D eigenvalue weighted by Crippen LogP contribution is 2.45. The summed E-state index contributed by atoms with van der Waals surface area (Å²) in [5, 5.41) is 27.6. The molecule has 0 spiro atoms. The van der Waals surface area contributed by atoms with E-state index in [-0.39, 0.29) is 23.2 Å². The van der Waals surface area contributed by atoms with Gasteiger partial charge in [0, 0.05) is 10.1 Å². The topological polar surface area (TPSA) is 110 Å². The van der Waals surface area contributed by atoms with Crippen molar-refractivity contribution in [2.24, 2.45) is 0 Å². The van der Waals surface area contributed by atoms with Crippen LogP contribution in [0.4, 0.5) is 0 Å². The first-order valence-electron chi connectivity index (χ1n) is 5.17. The Bertz CT molecular complexity index is 535. The third kappa shape index (κ3) is 3.24. The number of fused-ring (bicyclic) bond motifs is 1. The molecule has 0 fully saturated rings. The molecular weight excluding hydrogens is 294 g/mol. The van der Waals surface area contributed by atoms with Crippen LogP contribution in [0.1, 0.15) is 15.9 Å². The molecule has 1 aromatic rings. The van der Waals surface area contributed by atoms with Gasteiger partial charge in [0.1, 0.15) is 17.9 Å². The Labute approximate surface area is 115 Å². The van der Waals surface area contributed by atoms with Gasteiger partial charge in [-0.2, -0.15) is 0 Å². The van der Waals surface area contributed by atoms with Gasteiger partial charge in [0.15, 0.2) is 0 Å². The molecule has 1 aliphatic heterocycles. The van der Waals surface area contributed by atoms with Crippen LogP contribution in [-0.4, -0.2) is 33.1 Å². The lowest BCUT2D eigenvalue weighted by molar-refractivity contribution is -0.757. The Morgan fingerprint density at radius 3 is 2.95 bits per heavy atom. The highest BCUT2D eigenvalue weighted by Gasteiger charge is 2.24. The molecule has 1 aromatic carbocycles. The number of rotatable bonds is 4. The minimum absolute atomic E-state index is 0.0482. The molecule has 0 saturated carbocycles. The van der Waals surface area contributed by atoms with E-state index in [9.17, 15) is 20.0 Å². The molecule has 0 aliphatic carbocycles. The monoisotopic (exact) mass is 303 g/mol. The Hall–Kier alpha value is -1.61. The molecule has 0 saturated heterocycles. The van der Waals surface area contributed by atoms with Gasteiger partial charge in [0.25, 0.3) is 5.09 Å². The number of benzene rings is 1. The van der Waals surface area contributed by atoms with Crippen LogP contribution >= 0.6 is 21.6 Å². The van der Waals surface area contributed by atoms with Crippen molar-refractivity contribution in [2.75, 3.05) is 6.61 Å². The SMILES string of the molecule is O=C(O)c1cc2c(cc1O)SSC(CO[N+](=O)[O-])C2. The first-order valence-corrected chi connectivity index (χ1v) is 7.38. The van der Waals surface area contributed by atoms with Crippen LogP contribution in [0.15, 0.2) is 17.0 Å². The first-order chi connectivity index (χ1) is 8.97. The van der Waals surface area contributed by atoms with Crippen molar-refractivity contribution in [1.82, 2.24) is 0 Å². The van der Waals surface area contributed by atoms with Crippen LogP contribution in [0.2, 0.25) is 0 Å². The second-order valence-electron chi connectivity index (χ2n) is 3.81. The summed E-state index contributed by atoms with van der Waals surface area (Å²) < 4.78 is 0. The number of aromatic hydroxyl groups is 1. The molecular formula is C10H9NO6S2. The molecule has 0 bridgehead atoms. The van der Waals surface area contributed by atoms with E-state index in [1.54, 1.807) is 0 Å². The molecule has 2 rings (SSSR count). The molecule has 1 atom stereocenters. The van der Waals surface area contributed by atoms with Crippen LogP contribution < -0.4 is 0 Å². The van der Waals surface area contributed by atoms with Gasteiger partial charge in [-0.05, 0) is 24.1 Å². The summed E-state index contributed by atoms with van der Waals surface area (Å²) in [5.74, 6) is -1.49. The highest BCUT2D eigenvalue weighted by atomic mass is 33.1.